The highest BCUT2D eigenvalue weighted by Gasteiger charge is 2.54. The summed E-state index contributed by atoms with van der Waals surface area (Å²) in [5, 5.41) is 0. The van der Waals surface area contributed by atoms with E-state index in [1.165, 1.54) is 12.8 Å². The zero-order chi connectivity index (χ0) is 17.2. The minimum atomic E-state index is -0.387. The average Bonchev–Trinajstić information content (AvgIpc) is 3.41. The van der Waals surface area contributed by atoms with Crippen molar-refractivity contribution in [1.29, 1.82) is 0 Å². The SMILES string of the molecule is O=C(OC1CCCCC1)C1CC2OC2CC1C(=O)OC1CCCCC1. The third kappa shape index (κ3) is 4.18. The summed E-state index contributed by atoms with van der Waals surface area (Å²) in [4.78, 5) is 25.5. The molecular weight excluding hydrogens is 320 g/mol. The van der Waals surface area contributed by atoms with Gasteiger partial charge in [0.1, 0.15) is 12.2 Å². The standard InChI is InChI=1S/C20H30O5/c21-19(23-13-7-3-1-4-8-13)15-11-17-18(25-17)12-16(15)20(22)24-14-9-5-2-6-10-14/h13-18H,1-12H2. The van der Waals surface area contributed by atoms with Crippen LogP contribution in [0.25, 0.3) is 0 Å². The minimum Gasteiger partial charge on any atom is -0.462 e. The molecule has 0 amide bonds. The zero-order valence-corrected chi connectivity index (χ0v) is 15.0. The first-order valence-electron chi connectivity index (χ1n) is 10.3. The fraction of sp³-hybridized carbons (Fsp3) is 0.900. The molecule has 5 heteroatoms. The van der Waals surface area contributed by atoms with Gasteiger partial charge in [-0.2, -0.15) is 0 Å². The summed E-state index contributed by atoms with van der Waals surface area (Å²) in [6.07, 6.45) is 12.4. The Bertz CT molecular complexity index is 448. The Morgan fingerprint density at radius 1 is 0.640 bits per heavy atom. The number of ether oxygens (including phenoxy) is 3. The number of hydrogen-bond donors (Lipinski definition) is 0. The Balaban J connectivity index is 1.37. The van der Waals surface area contributed by atoms with E-state index in [0.29, 0.717) is 12.8 Å². The molecule has 1 aliphatic heterocycles. The fourth-order valence-electron chi connectivity index (χ4n) is 4.81. The Morgan fingerprint density at radius 3 is 1.44 bits per heavy atom. The Kier molecular flexibility index (Phi) is 5.30. The Hall–Kier alpha value is -1.10. The molecule has 1 heterocycles. The number of epoxide rings is 1. The van der Waals surface area contributed by atoms with Crippen molar-refractivity contribution in [1.82, 2.24) is 0 Å². The van der Waals surface area contributed by atoms with E-state index in [4.69, 9.17) is 14.2 Å². The second kappa shape index (κ2) is 7.65. The smallest absolute Gasteiger partial charge is 0.310 e. The molecule has 0 bridgehead atoms. The molecule has 0 aromatic carbocycles. The summed E-state index contributed by atoms with van der Waals surface area (Å²) < 4.78 is 17.1. The van der Waals surface area contributed by atoms with Crippen LogP contribution in [0, 0.1) is 11.8 Å². The van der Waals surface area contributed by atoms with Gasteiger partial charge in [0, 0.05) is 0 Å². The van der Waals surface area contributed by atoms with Crippen LogP contribution >= 0.6 is 0 Å². The highest BCUT2D eigenvalue weighted by Crippen LogP contribution is 2.44. The normalized spacial score (nSPS) is 36.3. The lowest BCUT2D eigenvalue weighted by molar-refractivity contribution is -0.169. The van der Waals surface area contributed by atoms with Crippen molar-refractivity contribution in [2.24, 2.45) is 11.8 Å². The lowest BCUT2D eigenvalue weighted by Gasteiger charge is -2.31. The molecule has 3 aliphatic carbocycles. The maximum atomic E-state index is 12.8. The van der Waals surface area contributed by atoms with Gasteiger partial charge in [0.05, 0.1) is 24.0 Å². The predicted octanol–water partition coefficient (Wildman–Crippen LogP) is 3.53. The molecule has 0 N–H and O–H groups in total. The van der Waals surface area contributed by atoms with Gasteiger partial charge in [0.25, 0.3) is 0 Å². The number of carbonyl (C=O) groups is 2. The van der Waals surface area contributed by atoms with Crippen LogP contribution in [0.1, 0.15) is 77.0 Å². The van der Waals surface area contributed by atoms with E-state index in [-0.39, 0.29) is 48.2 Å². The maximum Gasteiger partial charge on any atom is 0.310 e. The van der Waals surface area contributed by atoms with Gasteiger partial charge in [0.15, 0.2) is 0 Å². The number of carbonyl (C=O) groups excluding carboxylic acids is 2. The van der Waals surface area contributed by atoms with Crippen LogP contribution in [0.15, 0.2) is 0 Å². The van der Waals surface area contributed by atoms with Crippen LogP contribution < -0.4 is 0 Å². The number of rotatable bonds is 4. The minimum absolute atomic E-state index is 0.0362. The van der Waals surface area contributed by atoms with E-state index in [2.05, 4.69) is 0 Å². The van der Waals surface area contributed by atoms with E-state index in [9.17, 15) is 9.59 Å². The second-order valence-electron chi connectivity index (χ2n) is 8.29. The highest BCUT2D eigenvalue weighted by molar-refractivity contribution is 5.83. The number of fused-ring (bicyclic) bond motifs is 1. The van der Waals surface area contributed by atoms with E-state index in [0.717, 1.165) is 51.4 Å². The van der Waals surface area contributed by atoms with E-state index < -0.39 is 0 Å². The van der Waals surface area contributed by atoms with Crippen molar-refractivity contribution < 1.29 is 23.8 Å². The second-order valence-corrected chi connectivity index (χ2v) is 8.29. The monoisotopic (exact) mass is 350 g/mol. The summed E-state index contributed by atoms with van der Waals surface area (Å²) in [6.45, 7) is 0. The first-order chi connectivity index (χ1) is 12.2. The van der Waals surface area contributed by atoms with E-state index >= 15 is 0 Å². The van der Waals surface area contributed by atoms with Gasteiger partial charge in [-0.1, -0.05) is 12.8 Å². The average molecular weight is 350 g/mol. The van der Waals surface area contributed by atoms with Gasteiger partial charge < -0.3 is 14.2 Å². The molecule has 25 heavy (non-hydrogen) atoms. The third-order valence-corrected chi connectivity index (χ3v) is 6.42. The molecule has 5 nitrogen and oxygen atoms in total. The molecule has 0 aromatic rings. The van der Waals surface area contributed by atoms with Gasteiger partial charge in [0.2, 0.25) is 0 Å². The van der Waals surface area contributed by atoms with Gasteiger partial charge in [-0.05, 0) is 64.2 Å². The van der Waals surface area contributed by atoms with Crippen molar-refractivity contribution in [2.45, 2.75) is 101 Å². The zero-order valence-electron chi connectivity index (χ0n) is 15.0. The van der Waals surface area contributed by atoms with Crippen LogP contribution in [-0.4, -0.2) is 36.4 Å². The molecule has 0 aromatic heterocycles. The maximum absolute atomic E-state index is 12.8. The van der Waals surface area contributed by atoms with Gasteiger partial charge in [-0.25, -0.2) is 0 Å². The first kappa shape index (κ1) is 17.3. The molecular formula is C20H30O5. The van der Waals surface area contributed by atoms with Crippen LogP contribution in [0.4, 0.5) is 0 Å². The van der Waals surface area contributed by atoms with Crippen LogP contribution in [-0.2, 0) is 23.8 Å². The molecule has 140 valence electrons. The molecule has 0 spiro atoms. The Morgan fingerprint density at radius 2 is 1.04 bits per heavy atom. The molecule has 0 radical (unpaired) electrons. The van der Waals surface area contributed by atoms with Crippen molar-refractivity contribution in [2.75, 3.05) is 0 Å². The van der Waals surface area contributed by atoms with Crippen molar-refractivity contribution in [3.63, 3.8) is 0 Å². The summed E-state index contributed by atoms with van der Waals surface area (Å²) in [5.41, 5.74) is 0. The molecule has 4 aliphatic rings. The molecule has 3 saturated carbocycles. The molecule has 4 rings (SSSR count). The van der Waals surface area contributed by atoms with E-state index in [1.807, 2.05) is 0 Å². The lowest BCUT2D eigenvalue weighted by atomic mass is 9.79. The predicted molar refractivity (Wildman–Crippen MR) is 90.8 cm³/mol. The lowest BCUT2D eigenvalue weighted by Crippen LogP contribution is -2.40. The van der Waals surface area contributed by atoms with Crippen molar-refractivity contribution in [3.05, 3.63) is 0 Å². The molecule has 4 unspecified atom stereocenters. The van der Waals surface area contributed by atoms with Crippen molar-refractivity contribution in [3.8, 4) is 0 Å². The topological polar surface area (TPSA) is 65.1 Å². The largest absolute Gasteiger partial charge is 0.462 e. The summed E-state index contributed by atoms with van der Waals surface area (Å²) in [6, 6.07) is 0. The number of hydrogen-bond acceptors (Lipinski definition) is 5. The summed E-state index contributed by atoms with van der Waals surface area (Å²) in [5.74, 6) is -1.18. The molecule has 1 saturated heterocycles. The van der Waals surface area contributed by atoms with Crippen LogP contribution in [0.5, 0.6) is 0 Å². The molecule has 4 fully saturated rings. The quantitative estimate of drug-likeness (QED) is 0.573. The van der Waals surface area contributed by atoms with Gasteiger partial charge >= 0.3 is 11.9 Å². The Labute approximate surface area is 149 Å². The molecule has 4 atom stereocenters. The summed E-state index contributed by atoms with van der Waals surface area (Å²) >= 11 is 0. The number of esters is 2. The third-order valence-electron chi connectivity index (χ3n) is 6.42. The van der Waals surface area contributed by atoms with Gasteiger partial charge in [-0.15, -0.1) is 0 Å². The summed E-state index contributed by atoms with van der Waals surface area (Å²) in [7, 11) is 0. The first-order valence-corrected chi connectivity index (χ1v) is 10.3. The van der Waals surface area contributed by atoms with Gasteiger partial charge in [-0.3, -0.25) is 9.59 Å². The van der Waals surface area contributed by atoms with E-state index in [1.54, 1.807) is 0 Å². The fourth-order valence-corrected chi connectivity index (χ4v) is 4.81. The van der Waals surface area contributed by atoms with Crippen molar-refractivity contribution >= 4 is 11.9 Å². The van der Waals surface area contributed by atoms with Crippen LogP contribution in [0.2, 0.25) is 0 Å². The highest BCUT2D eigenvalue weighted by atomic mass is 16.6. The van der Waals surface area contributed by atoms with Crippen LogP contribution in [0.3, 0.4) is 0 Å².